The molecule has 2 aromatic heterocycles. The monoisotopic (exact) mass is 327 g/mol. The summed E-state index contributed by atoms with van der Waals surface area (Å²) in [6, 6.07) is 2.73. The van der Waals surface area contributed by atoms with Crippen molar-refractivity contribution in [3.05, 3.63) is 32.5 Å². The lowest BCUT2D eigenvalue weighted by atomic mass is 9.94. The first kappa shape index (κ1) is 12.3. The Morgan fingerprint density at radius 3 is 3.33 bits per heavy atom. The van der Waals surface area contributed by atoms with Crippen molar-refractivity contribution in [2.75, 3.05) is 6.54 Å². The van der Waals surface area contributed by atoms with Gasteiger partial charge in [0.15, 0.2) is 5.82 Å². The summed E-state index contributed by atoms with van der Waals surface area (Å²) in [5, 5.41) is 7.41. The second-order valence-corrected chi connectivity index (χ2v) is 6.94. The smallest absolute Gasteiger partial charge is 0.213 e. The molecule has 0 fully saturated rings. The lowest BCUT2D eigenvalue weighted by Crippen LogP contribution is -2.26. The molecule has 0 spiro atoms. The van der Waals surface area contributed by atoms with Crippen LogP contribution >= 0.6 is 27.3 Å². The van der Waals surface area contributed by atoms with Crippen LogP contribution in [0.5, 0.6) is 0 Å². The van der Waals surface area contributed by atoms with Gasteiger partial charge >= 0.3 is 0 Å². The molecule has 96 valence electrons. The first-order valence-corrected chi connectivity index (χ1v) is 7.70. The Hall–Kier alpha value is -0.720. The topological polar surface area (TPSA) is 51.0 Å². The summed E-state index contributed by atoms with van der Waals surface area (Å²) in [4.78, 5) is 5.54. The SMILES string of the molecule is Brc1cc2c(s1)CCCC2NCCc1ncon1. The van der Waals surface area contributed by atoms with E-state index in [1.165, 1.54) is 39.9 Å². The van der Waals surface area contributed by atoms with E-state index in [0.29, 0.717) is 6.04 Å². The van der Waals surface area contributed by atoms with Crippen molar-refractivity contribution >= 4 is 27.3 Å². The molecule has 0 radical (unpaired) electrons. The van der Waals surface area contributed by atoms with E-state index in [1.807, 2.05) is 11.3 Å². The second kappa shape index (κ2) is 5.50. The fraction of sp³-hybridized carbons (Fsp3) is 0.500. The Kier molecular flexibility index (Phi) is 3.77. The van der Waals surface area contributed by atoms with Crippen LogP contribution in [-0.2, 0) is 12.8 Å². The minimum atomic E-state index is 0.475. The highest BCUT2D eigenvalue weighted by Crippen LogP contribution is 2.37. The lowest BCUT2D eigenvalue weighted by molar-refractivity contribution is 0.406. The number of hydrogen-bond donors (Lipinski definition) is 1. The molecular formula is C12H14BrN3OS. The zero-order valence-corrected chi connectivity index (χ0v) is 12.3. The molecule has 6 heteroatoms. The van der Waals surface area contributed by atoms with Crippen molar-refractivity contribution in [2.24, 2.45) is 0 Å². The minimum absolute atomic E-state index is 0.475. The average Bonchev–Trinajstić information content (AvgIpc) is 2.97. The van der Waals surface area contributed by atoms with Gasteiger partial charge in [-0.3, -0.25) is 0 Å². The third kappa shape index (κ3) is 2.65. The normalized spacial score (nSPS) is 18.8. The predicted molar refractivity (Wildman–Crippen MR) is 73.7 cm³/mol. The highest BCUT2D eigenvalue weighted by molar-refractivity contribution is 9.11. The standard InChI is InChI=1S/C12H14BrN3OS/c13-11-6-8-9(2-1-3-10(8)18-11)14-5-4-12-15-7-17-16-12/h6-7,9,14H,1-5H2. The Labute approximate surface area is 118 Å². The average molecular weight is 328 g/mol. The third-order valence-corrected chi connectivity index (χ3v) is 4.94. The molecule has 0 aromatic carbocycles. The van der Waals surface area contributed by atoms with E-state index in [0.717, 1.165) is 18.8 Å². The van der Waals surface area contributed by atoms with Gasteiger partial charge in [0.05, 0.1) is 3.79 Å². The molecule has 0 bridgehead atoms. The number of aryl methyl sites for hydroxylation is 1. The summed E-state index contributed by atoms with van der Waals surface area (Å²) in [6.45, 7) is 0.886. The van der Waals surface area contributed by atoms with E-state index in [1.54, 1.807) is 0 Å². The van der Waals surface area contributed by atoms with Crippen molar-refractivity contribution in [3.8, 4) is 0 Å². The number of nitrogens with one attached hydrogen (secondary N) is 1. The predicted octanol–water partition coefficient (Wildman–Crippen LogP) is 3.10. The van der Waals surface area contributed by atoms with Crippen LogP contribution in [0.25, 0.3) is 0 Å². The first-order chi connectivity index (χ1) is 8.83. The lowest BCUT2D eigenvalue weighted by Gasteiger charge is -2.23. The van der Waals surface area contributed by atoms with Gasteiger partial charge in [0.2, 0.25) is 6.39 Å². The van der Waals surface area contributed by atoms with Gasteiger partial charge in [0.1, 0.15) is 0 Å². The zero-order valence-electron chi connectivity index (χ0n) is 9.86. The summed E-state index contributed by atoms with van der Waals surface area (Å²) < 4.78 is 5.96. The highest BCUT2D eigenvalue weighted by Gasteiger charge is 2.22. The van der Waals surface area contributed by atoms with Crippen LogP contribution in [-0.4, -0.2) is 16.7 Å². The Bertz CT molecular complexity index is 511. The van der Waals surface area contributed by atoms with Gasteiger partial charge < -0.3 is 9.84 Å². The number of hydrogen-bond acceptors (Lipinski definition) is 5. The quantitative estimate of drug-likeness (QED) is 0.937. The Balaban J connectivity index is 1.60. The van der Waals surface area contributed by atoms with Gasteiger partial charge in [-0.1, -0.05) is 5.16 Å². The van der Waals surface area contributed by atoms with E-state index in [9.17, 15) is 0 Å². The number of nitrogens with zero attached hydrogens (tertiary/aromatic N) is 2. The molecule has 18 heavy (non-hydrogen) atoms. The molecular weight excluding hydrogens is 314 g/mol. The van der Waals surface area contributed by atoms with E-state index in [4.69, 9.17) is 4.52 Å². The molecule has 1 unspecified atom stereocenters. The molecule has 1 N–H and O–H groups in total. The minimum Gasteiger partial charge on any atom is -0.343 e. The van der Waals surface area contributed by atoms with Crippen LogP contribution in [0, 0.1) is 0 Å². The van der Waals surface area contributed by atoms with E-state index >= 15 is 0 Å². The highest BCUT2D eigenvalue weighted by atomic mass is 79.9. The van der Waals surface area contributed by atoms with Crippen molar-refractivity contribution < 1.29 is 4.52 Å². The maximum absolute atomic E-state index is 4.72. The summed E-state index contributed by atoms with van der Waals surface area (Å²) in [7, 11) is 0. The fourth-order valence-corrected chi connectivity index (χ4v) is 4.21. The van der Waals surface area contributed by atoms with Crippen LogP contribution in [0.4, 0.5) is 0 Å². The van der Waals surface area contributed by atoms with Crippen molar-refractivity contribution in [3.63, 3.8) is 0 Å². The van der Waals surface area contributed by atoms with Gasteiger partial charge in [0.25, 0.3) is 0 Å². The summed E-state index contributed by atoms with van der Waals surface area (Å²) in [5.41, 5.74) is 1.46. The van der Waals surface area contributed by atoms with E-state index in [-0.39, 0.29) is 0 Å². The molecule has 0 aliphatic heterocycles. The van der Waals surface area contributed by atoms with Crippen LogP contribution in [0.15, 0.2) is 20.8 Å². The fourth-order valence-electron chi connectivity index (χ4n) is 2.39. The van der Waals surface area contributed by atoms with Gasteiger partial charge in [-0.05, 0) is 46.8 Å². The van der Waals surface area contributed by atoms with Crippen molar-refractivity contribution in [1.82, 2.24) is 15.5 Å². The van der Waals surface area contributed by atoms with Crippen LogP contribution in [0.3, 0.4) is 0 Å². The summed E-state index contributed by atoms with van der Waals surface area (Å²) in [6.07, 6.45) is 5.88. The molecule has 0 saturated carbocycles. The number of rotatable bonds is 4. The Morgan fingerprint density at radius 1 is 1.56 bits per heavy atom. The molecule has 0 amide bonds. The largest absolute Gasteiger partial charge is 0.343 e. The summed E-state index contributed by atoms with van der Waals surface area (Å²) in [5.74, 6) is 0.769. The van der Waals surface area contributed by atoms with Crippen LogP contribution in [0.1, 0.15) is 35.1 Å². The third-order valence-electron chi connectivity index (χ3n) is 3.23. The van der Waals surface area contributed by atoms with Crippen LogP contribution in [0.2, 0.25) is 0 Å². The van der Waals surface area contributed by atoms with Gasteiger partial charge in [-0.2, -0.15) is 4.98 Å². The molecule has 4 nitrogen and oxygen atoms in total. The molecule has 1 aliphatic carbocycles. The van der Waals surface area contributed by atoms with Crippen molar-refractivity contribution in [2.45, 2.75) is 31.7 Å². The second-order valence-electron chi connectivity index (χ2n) is 4.43. The molecule has 0 saturated heterocycles. The number of halogens is 1. The maximum atomic E-state index is 4.72. The van der Waals surface area contributed by atoms with Gasteiger partial charge in [-0.15, -0.1) is 11.3 Å². The molecule has 2 heterocycles. The number of thiophene rings is 1. The molecule has 2 aromatic rings. The molecule has 1 atom stereocenters. The van der Waals surface area contributed by atoms with E-state index in [2.05, 4.69) is 37.5 Å². The number of fused-ring (bicyclic) bond motifs is 1. The van der Waals surface area contributed by atoms with Gasteiger partial charge in [-0.25, -0.2) is 0 Å². The van der Waals surface area contributed by atoms with E-state index < -0.39 is 0 Å². The van der Waals surface area contributed by atoms with Crippen molar-refractivity contribution in [1.29, 1.82) is 0 Å². The maximum Gasteiger partial charge on any atom is 0.213 e. The zero-order chi connectivity index (χ0) is 12.4. The molecule has 1 aliphatic rings. The number of aromatic nitrogens is 2. The first-order valence-electron chi connectivity index (χ1n) is 6.09. The van der Waals surface area contributed by atoms with Gasteiger partial charge in [0, 0.05) is 23.9 Å². The molecule has 3 rings (SSSR count). The Morgan fingerprint density at radius 2 is 2.50 bits per heavy atom. The summed E-state index contributed by atoms with van der Waals surface area (Å²) >= 11 is 5.44. The van der Waals surface area contributed by atoms with Crippen LogP contribution < -0.4 is 5.32 Å².